The normalized spacial score (nSPS) is 10.7. The molecule has 0 spiro atoms. The predicted octanol–water partition coefficient (Wildman–Crippen LogP) is 1.89. The molecule has 1 rings (SSSR count). The second-order valence-electron chi connectivity index (χ2n) is 1.95. The zero-order valence-corrected chi connectivity index (χ0v) is 6.50. The van der Waals surface area contributed by atoms with E-state index in [9.17, 15) is 22.1 Å². The van der Waals surface area contributed by atoms with Gasteiger partial charge < -0.3 is 0 Å². The van der Waals surface area contributed by atoms with Crippen molar-refractivity contribution < 1.29 is 22.1 Å². The first-order valence-electron chi connectivity index (χ1n) is 2.79. The van der Waals surface area contributed by atoms with Gasteiger partial charge in [-0.15, -0.1) is 0 Å². The number of halogens is 4. The van der Waals surface area contributed by atoms with E-state index in [1.54, 1.807) is 0 Å². The highest BCUT2D eigenvalue weighted by molar-refractivity contribution is 7.34. The maximum atomic E-state index is 12.5. The smallest absolute Gasteiger partial charge is 0.203 e. The molecule has 1 aromatic rings. The Kier molecular flexibility index (Phi) is 2.43. The largest absolute Gasteiger partial charge is 0.369 e. The second-order valence-corrected chi connectivity index (χ2v) is 2.65. The Morgan fingerprint density at radius 2 is 1.42 bits per heavy atom. The van der Waals surface area contributed by atoms with Gasteiger partial charge in [0.15, 0.2) is 11.6 Å². The number of rotatable bonds is 1. The van der Waals surface area contributed by atoms with Crippen LogP contribution < -0.4 is 5.30 Å². The number of hydrogen-bond acceptors (Lipinski definition) is 1. The Hall–Kier alpha value is -0.960. The van der Waals surface area contributed by atoms with Gasteiger partial charge in [0.05, 0.1) is 0 Å². The van der Waals surface area contributed by atoms with Crippen molar-refractivity contribution in [1.29, 1.82) is 0 Å². The molecule has 0 aliphatic rings. The van der Waals surface area contributed by atoms with Crippen molar-refractivity contribution in [2.75, 3.05) is 0 Å². The second kappa shape index (κ2) is 3.19. The van der Waals surface area contributed by atoms with E-state index in [1.807, 2.05) is 0 Å². The van der Waals surface area contributed by atoms with Gasteiger partial charge in [0.25, 0.3) is 5.30 Å². The molecule has 0 saturated heterocycles. The summed E-state index contributed by atoms with van der Waals surface area (Å²) in [5.74, 6) is -6.32. The molecule has 0 bridgehead atoms. The highest BCUT2D eigenvalue weighted by Crippen LogP contribution is 2.14. The monoisotopic (exact) mass is 197 g/mol. The number of hydrogen-bond donors (Lipinski definition) is 0. The molecule has 64 valence electrons. The summed E-state index contributed by atoms with van der Waals surface area (Å²) in [6.45, 7) is 0. The van der Waals surface area contributed by atoms with E-state index in [0.29, 0.717) is 0 Å². The van der Waals surface area contributed by atoms with Gasteiger partial charge in [0.1, 0.15) is 0 Å². The van der Waals surface area contributed by atoms with Gasteiger partial charge >= 0.3 is 8.46 Å². The third kappa shape index (κ3) is 1.32. The summed E-state index contributed by atoms with van der Waals surface area (Å²) < 4.78 is 59.6. The van der Waals surface area contributed by atoms with Crippen LogP contribution in [0.25, 0.3) is 0 Å². The Labute approximate surface area is 66.2 Å². The van der Waals surface area contributed by atoms with Gasteiger partial charge in [-0.2, -0.15) is 8.78 Å². The summed E-state index contributed by atoms with van der Waals surface area (Å²) in [5.41, 5.74) is 0. The van der Waals surface area contributed by atoms with Crippen LogP contribution in [0.15, 0.2) is 6.07 Å². The predicted molar refractivity (Wildman–Crippen MR) is 34.9 cm³/mol. The molecular formula is C6H2F4OP+. The van der Waals surface area contributed by atoms with E-state index < -0.39 is 37.0 Å². The average molecular weight is 197 g/mol. The van der Waals surface area contributed by atoms with Crippen LogP contribution in [0.4, 0.5) is 17.6 Å². The molecule has 0 fully saturated rings. The van der Waals surface area contributed by atoms with Crippen molar-refractivity contribution in [1.82, 2.24) is 0 Å². The molecule has 1 atom stereocenters. The van der Waals surface area contributed by atoms with E-state index in [4.69, 9.17) is 0 Å². The molecule has 12 heavy (non-hydrogen) atoms. The molecule has 0 saturated carbocycles. The van der Waals surface area contributed by atoms with Crippen LogP contribution in [-0.2, 0) is 4.57 Å². The first kappa shape index (κ1) is 9.13. The lowest BCUT2D eigenvalue weighted by atomic mass is 10.3. The molecule has 1 nitrogen and oxygen atoms in total. The summed E-state index contributed by atoms with van der Waals surface area (Å²) in [5, 5.41) is -1.08. The summed E-state index contributed by atoms with van der Waals surface area (Å²) in [6, 6.07) is 0.0638. The molecular weight excluding hydrogens is 195 g/mol. The van der Waals surface area contributed by atoms with Crippen LogP contribution in [0.5, 0.6) is 0 Å². The molecule has 0 amide bonds. The fourth-order valence-electron chi connectivity index (χ4n) is 0.663. The van der Waals surface area contributed by atoms with Crippen LogP contribution in [-0.4, -0.2) is 0 Å². The third-order valence-electron chi connectivity index (χ3n) is 1.21. The lowest BCUT2D eigenvalue weighted by molar-refractivity contribution is 0.462. The molecule has 1 unspecified atom stereocenters. The first-order valence-corrected chi connectivity index (χ1v) is 3.70. The van der Waals surface area contributed by atoms with Gasteiger partial charge in [-0.1, -0.05) is 4.57 Å². The maximum absolute atomic E-state index is 12.5. The average Bonchev–Trinajstić information content (AvgIpc) is 2.02. The van der Waals surface area contributed by atoms with Crippen LogP contribution in [0, 0.1) is 23.3 Å². The van der Waals surface area contributed by atoms with E-state index in [1.165, 1.54) is 0 Å². The fourth-order valence-corrected chi connectivity index (χ4v) is 1.08. The Bertz CT molecular complexity index is 313. The topological polar surface area (TPSA) is 17.1 Å². The lowest BCUT2D eigenvalue weighted by Gasteiger charge is -1.93. The highest BCUT2D eigenvalue weighted by Gasteiger charge is 2.24. The van der Waals surface area contributed by atoms with Crippen LogP contribution in [0.1, 0.15) is 0 Å². The van der Waals surface area contributed by atoms with Gasteiger partial charge in [-0.3, -0.25) is 0 Å². The summed E-state index contributed by atoms with van der Waals surface area (Å²) in [6.07, 6.45) is 0. The minimum atomic E-state index is -1.61. The molecule has 0 aliphatic carbocycles. The van der Waals surface area contributed by atoms with Gasteiger partial charge in [0.2, 0.25) is 11.6 Å². The number of benzene rings is 1. The molecule has 0 N–H and O–H groups in total. The molecule has 6 heteroatoms. The standard InChI is InChI=1S/C6HF4OP/c7-2-1-3(8)5(10)6(12-11)4(2)9/h1H/p+1. The molecule has 0 radical (unpaired) electrons. The zero-order valence-electron chi connectivity index (χ0n) is 5.50. The SMILES string of the molecule is O=[PH+]c1c(F)c(F)cc(F)c1F. The minimum absolute atomic E-state index is 0.0638. The molecule has 0 heterocycles. The van der Waals surface area contributed by atoms with E-state index in [0.717, 1.165) is 0 Å². The minimum Gasteiger partial charge on any atom is -0.203 e. The third-order valence-corrected chi connectivity index (χ3v) is 1.86. The van der Waals surface area contributed by atoms with Crippen molar-refractivity contribution in [3.63, 3.8) is 0 Å². The molecule has 0 aliphatic heterocycles. The summed E-state index contributed by atoms with van der Waals surface area (Å²) in [7, 11) is -1.56. The summed E-state index contributed by atoms with van der Waals surface area (Å²) in [4.78, 5) is 0. The van der Waals surface area contributed by atoms with Crippen LogP contribution in [0.2, 0.25) is 0 Å². The van der Waals surface area contributed by atoms with Crippen molar-refractivity contribution >= 4 is 13.8 Å². The van der Waals surface area contributed by atoms with E-state index >= 15 is 0 Å². The highest BCUT2D eigenvalue weighted by atomic mass is 31.1. The van der Waals surface area contributed by atoms with Crippen LogP contribution >= 0.6 is 8.46 Å². The van der Waals surface area contributed by atoms with E-state index in [-0.39, 0.29) is 6.07 Å². The van der Waals surface area contributed by atoms with Crippen molar-refractivity contribution in [2.24, 2.45) is 0 Å². The van der Waals surface area contributed by atoms with Gasteiger partial charge in [0, 0.05) is 6.07 Å². The fraction of sp³-hybridized carbons (Fsp3) is 0. The summed E-state index contributed by atoms with van der Waals surface area (Å²) >= 11 is 0. The zero-order chi connectivity index (χ0) is 9.30. The molecule has 0 aromatic heterocycles. The van der Waals surface area contributed by atoms with Crippen molar-refractivity contribution in [3.8, 4) is 0 Å². The van der Waals surface area contributed by atoms with E-state index in [2.05, 4.69) is 0 Å². The van der Waals surface area contributed by atoms with Gasteiger partial charge in [-0.25, -0.2) is 8.78 Å². The van der Waals surface area contributed by atoms with Gasteiger partial charge in [-0.05, 0) is 0 Å². The van der Waals surface area contributed by atoms with Crippen LogP contribution in [0.3, 0.4) is 0 Å². The Morgan fingerprint density at radius 3 is 1.75 bits per heavy atom. The first-order chi connectivity index (χ1) is 5.57. The maximum Gasteiger partial charge on any atom is 0.369 e. The Morgan fingerprint density at radius 1 is 1.00 bits per heavy atom. The van der Waals surface area contributed by atoms with Crippen molar-refractivity contribution in [2.45, 2.75) is 0 Å². The molecule has 1 aromatic carbocycles. The Balaban J connectivity index is 3.52. The lowest BCUT2D eigenvalue weighted by Crippen LogP contribution is -2.11. The quantitative estimate of drug-likeness (QED) is 0.381. The van der Waals surface area contributed by atoms with Crippen molar-refractivity contribution in [3.05, 3.63) is 29.3 Å².